The summed E-state index contributed by atoms with van der Waals surface area (Å²) in [6.07, 6.45) is 5.30. The van der Waals surface area contributed by atoms with Gasteiger partial charge in [-0.2, -0.15) is 10.2 Å². The van der Waals surface area contributed by atoms with Crippen LogP contribution < -0.4 is 4.90 Å². The van der Waals surface area contributed by atoms with Crippen molar-refractivity contribution in [2.75, 3.05) is 18.0 Å². The molecular formula is C15H18N6O. The molecule has 22 heavy (non-hydrogen) atoms. The van der Waals surface area contributed by atoms with Crippen molar-refractivity contribution >= 4 is 16.9 Å². The summed E-state index contributed by atoms with van der Waals surface area (Å²) < 4.78 is 1.75. The van der Waals surface area contributed by atoms with Gasteiger partial charge in [0.2, 0.25) is 0 Å². The third-order valence-corrected chi connectivity index (χ3v) is 4.09. The molecule has 3 aromatic heterocycles. The van der Waals surface area contributed by atoms with Gasteiger partial charge >= 0.3 is 0 Å². The Labute approximate surface area is 127 Å². The molecule has 0 aromatic carbocycles. The largest absolute Gasteiger partial charge is 0.391 e. The summed E-state index contributed by atoms with van der Waals surface area (Å²) in [7, 11) is 1.88. The van der Waals surface area contributed by atoms with Gasteiger partial charge in [-0.05, 0) is 25.0 Å². The number of nitrogens with one attached hydrogen (secondary N) is 1. The number of nitrogens with zero attached hydrogens (tertiary/aromatic N) is 5. The Bertz CT molecular complexity index is 807. The summed E-state index contributed by atoms with van der Waals surface area (Å²) in [5, 5.41) is 21.4. The van der Waals surface area contributed by atoms with E-state index < -0.39 is 0 Å². The van der Waals surface area contributed by atoms with Gasteiger partial charge in [-0.15, -0.1) is 0 Å². The molecule has 1 aliphatic rings. The van der Waals surface area contributed by atoms with Crippen molar-refractivity contribution in [3.05, 3.63) is 24.5 Å². The summed E-state index contributed by atoms with van der Waals surface area (Å²) in [6.45, 7) is 1.56. The third-order valence-electron chi connectivity index (χ3n) is 4.09. The van der Waals surface area contributed by atoms with Crippen molar-refractivity contribution in [1.29, 1.82) is 0 Å². The Balaban J connectivity index is 1.76. The normalized spacial score (nSPS) is 19.0. The van der Waals surface area contributed by atoms with Crippen molar-refractivity contribution < 1.29 is 5.11 Å². The molecule has 114 valence electrons. The minimum absolute atomic E-state index is 0.270. The van der Waals surface area contributed by atoms with Crippen LogP contribution in [0.3, 0.4) is 0 Å². The molecule has 0 amide bonds. The zero-order valence-corrected chi connectivity index (χ0v) is 12.4. The lowest BCUT2D eigenvalue weighted by Gasteiger charge is -2.31. The molecular weight excluding hydrogens is 280 g/mol. The van der Waals surface area contributed by atoms with E-state index in [1.165, 1.54) is 0 Å². The quantitative estimate of drug-likeness (QED) is 0.745. The molecule has 0 saturated carbocycles. The summed E-state index contributed by atoms with van der Waals surface area (Å²) in [5.74, 6) is 0.887. The van der Waals surface area contributed by atoms with Gasteiger partial charge < -0.3 is 10.0 Å². The standard InChI is InChI=1S/C15H18N6O/c1-20-8-10(7-16-20)14-15-12(18-19-14)4-5-13(17-15)21-6-2-3-11(22)9-21/h4-5,7-8,11,22H,2-3,6,9H2,1H3,(H,18,19). The smallest absolute Gasteiger partial charge is 0.129 e. The van der Waals surface area contributed by atoms with Gasteiger partial charge in [0.15, 0.2) is 0 Å². The fourth-order valence-electron chi connectivity index (χ4n) is 2.97. The SMILES string of the molecule is Cn1cc(-c2n[nH]c3ccc(N4CCCC(O)C4)nc23)cn1. The van der Waals surface area contributed by atoms with Crippen LogP contribution in [0.1, 0.15) is 12.8 Å². The maximum absolute atomic E-state index is 9.85. The number of hydrogen-bond acceptors (Lipinski definition) is 5. The van der Waals surface area contributed by atoms with Crippen LogP contribution in [0.25, 0.3) is 22.3 Å². The van der Waals surface area contributed by atoms with Gasteiger partial charge in [-0.25, -0.2) is 4.98 Å². The van der Waals surface area contributed by atoms with Gasteiger partial charge in [-0.1, -0.05) is 0 Å². The number of pyridine rings is 1. The Morgan fingerprint density at radius 2 is 2.27 bits per heavy atom. The summed E-state index contributed by atoms with van der Waals surface area (Å²) >= 11 is 0. The van der Waals surface area contributed by atoms with Crippen LogP contribution in [0.5, 0.6) is 0 Å². The first-order valence-electron chi connectivity index (χ1n) is 7.48. The molecule has 1 unspecified atom stereocenters. The summed E-state index contributed by atoms with van der Waals surface area (Å²) in [6, 6.07) is 3.97. The number of anilines is 1. The van der Waals surface area contributed by atoms with Gasteiger partial charge in [0, 0.05) is 31.9 Å². The van der Waals surface area contributed by atoms with Gasteiger partial charge in [0.25, 0.3) is 0 Å². The number of aryl methyl sites for hydroxylation is 1. The van der Waals surface area contributed by atoms with Crippen molar-refractivity contribution in [1.82, 2.24) is 25.0 Å². The highest BCUT2D eigenvalue weighted by Crippen LogP contribution is 2.27. The average Bonchev–Trinajstić information content (AvgIpc) is 3.12. The topological polar surface area (TPSA) is 82.9 Å². The van der Waals surface area contributed by atoms with Crippen LogP contribution in [-0.2, 0) is 7.05 Å². The molecule has 2 N–H and O–H groups in total. The zero-order valence-electron chi connectivity index (χ0n) is 12.4. The highest BCUT2D eigenvalue weighted by molar-refractivity contribution is 5.90. The number of fused-ring (bicyclic) bond motifs is 1. The maximum atomic E-state index is 9.85. The van der Waals surface area contributed by atoms with E-state index in [0.29, 0.717) is 6.54 Å². The van der Waals surface area contributed by atoms with Crippen LogP contribution in [0.4, 0.5) is 5.82 Å². The minimum Gasteiger partial charge on any atom is -0.391 e. The number of H-pyrrole nitrogens is 1. The van der Waals surface area contributed by atoms with Gasteiger partial charge in [-0.3, -0.25) is 9.78 Å². The monoisotopic (exact) mass is 298 g/mol. The van der Waals surface area contributed by atoms with Crippen LogP contribution in [0.15, 0.2) is 24.5 Å². The van der Waals surface area contributed by atoms with E-state index in [1.807, 2.05) is 25.4 Å². The molecule has 0 aliphatic carbocycles. The van der Waals surface area contributed by atoms with Crippen LogP contribution in [-0.4, -0.2) is 49.3 Å². The molecule has 3 aromatic rings. The predicted molar refractivity (Wildman–Crippen MR) is 83.5 cm³/mol. The van der Waals surface area contributed by atoms with E-state index in [1.54, 1.807) is 10.9 Å². The van der Waals surface area contributed by atoms with E-state index in [4.69, 9.17) is 4.98 Å². The number of piperidine rings is 1. The summed E-state index contributed by atoms with van der Waals surface area (Å²) in [5.41, 5.74) is 3.49. The number of aliphatic hydroxyl groups excluding tert-OH is 1. The molecule has 1 atom stereocenters. The lowest BCUT2D eigenvalue weighted by molar-refractivity contribution is 0.154. The molecule has 7 heteroatoms. The zero-order chi connectivity index (χ0) is 15.1. The molecule has 7 nitrogen and oxygen atoms in total. The van der Waals surface area contributed by atoms with Crippen molar-refractivity contribution in [3.8, 4) is 11.3 Å². The molecule has 1 saturated heterocycles. The van der Waals surface area contributed by atoms with Crippen molar-refractivity contribution in [2.24, 2.45) is 7.05 Å². The second kappa shape index (κ2) is 5.10. The average molecular weight is 298 g/mol. The maximum Gasteiger partial charge on any atom is 0.129 e. The Morgan fingerprint density at radius 3 is 3.05 bits per heavy atom. The Kier molecular flexibility index (Phi) is 3.07. The van der Waals surface area contributed by atoms with E-state index in [-0.39, 0.29) is 6.10 Å². The first-order valence-corrected chi connectivity index (χ1v) is 7.48. The van der Waals surface area contributed by atoms with Gasteiger partial charge in [0.05, 0.1) is 17.8 Å². The Hall–Kier alpha value is -2.41. The second-order valence-electron chi connectivity index (χ2n) is 5.78. The number of aromatic amines is 1. The lowest BCUT2D eigenvalue weighted by Crippen LogP contribution is -2.38. The second-order valence-corrected chi connectivity index (χ2v) is 5.78. The van der Waals surface area contributed by atoms with Crippen LogP contribution >= 0.6 is 0 Å². The number of β-amino-alcohol motifs (C(OH)–C–C–N with tert-alkyl or cyclic N) is 1. The highest BCUT2D eigenvalue weighted by atomic mass is 16.3. The van der Waals surface area contributed by atoms with E-state index in [9.17, 15) is 5.11 Å². The third kappa shape index (κ3) is 2.23. The highest BCUT2D eigenvalue weighted by Gasteiger charge is 2.20. The fourth-order valence-corrected chi connectivity index (χ4v) is 2.97. The molecule has 1 fully saturated rings. The summed E-state index contributed by atoms with van der Waals surface area (Å²) in [4.78, 5) is 6.90. The Morgan fingerprint density at radius 1 is 1.36 bits per heavy atom. The lowest BCUT2D eigenvalue weighted by atomic mass is 10.1. The first kappa shape index (κ1) is 13.3. The first-order chi connectivity index (χ1) is 10.7. The van der Waals surface area contributed by atoms with E-state index >= 15 is 0 Å². The fraction of sp³-hybridized carbons (Fsp3) is 0.400. The molecule has 0 radical (unpaired) electrons. The van der Waals surface area contributed by atoms with Gasteiger partial charge in [0.1, 0.15) is 17.0 Å². The van der Waals surface area contributed by atoms with Crippen LogP contribution in [0, 0.1) is 0 Å². The van der Waals surface area contributed by atoms with E-state index in [0.717, 1.165) is 47.5 Å². The number of aliphatic hydroxyl groups is 1. The van der Waals surface area contributed by atoms with E-state index in [2.05, 4.69) is 20.2 Å². The predicted octanol–water partition coefficient (Wildman–Crippen LogP) is 1.32. The molecule has 1 aliphatic heterocycles. The molecule has 4 heterocycles. The number of rotatable bonds is 2. The number of hydrogen-bond donors (Lipinski definition) is 2. The molecule has 0 bridgehead atoms. The van der Waals surface area contributed by atoms with Crippen molar-refractivity contribution in [3.63, 3.8) is 0 Å². The molecule has 4 rings (SSSR count). The van der Waals surface area contributed by atoms with Crippen LogP contribution in [0.2, 0.25) is 0 Å². The minimum atomic E-state index is -0.270. The number of aromatic nitrogens is 5. The molecule has 0 spiro atoms. The van der Waals surface area contributed by atoms with Crippen molar-refractivity contribution in [2.45, 2.75) is 18.9 Å².